The first kappa shape index (κ1) is 19.2. The molecule has 27 heavy (non-hydrogen) atoms. The molecule has 1 saturated heterocycles. The van der Waals surface area contributed by atoms with E-state index in [1.54, 1.807) is 30.7 Å². The fourth-order valence-electron chi connectivity index (χ4n) is 2.88. The van der Waals surface area contributed by atoms with Crippen LogP contribution in [0.1, 0.15) is 26.5 Å². The highest BCUT2D eigenvalue weighted by molar-refractivity contribution is 6.28. The van der Waals surface area contributed by atoms with Gasteiger partial charge in [-0.3, -0.25) is 0 Å². The van der Waals surface area contributed by atoms with E-state index in [-0.39, 0.29) is 30.2 Å². The van der Waals surface area contributed by atoms with Crippen LogP contribution in [0.15, 0.2) is 12.3 Å². The van der Waals surface area contributed by atoms with Crippen LogP contribution in [0, 0.1) is 12.3 Å². The lowest BCUT2D eigenvalue weighted by atomic mass is 9.99. The van der Waals surface area contributed by atoms with Gasteiger partial charge in [-0.15, -0.1) is 6.42 Å². The van der Waals surface area contributed by atoms with Crippen LogP contribution in [0.5, 0.6) is 0 Å². The SMILES string of the molecule is C#C[C@]1(COC(=O)OC(C)C)O[C@@H](n2ccc3c(N)nc(Cl)nc32)C[C@@H]1O. The molecule has 0 saturated carbocycles. The number of terminal acetylenes is 1. The third-order valence-corrected chi connectivity index (χ3v) is 4.34. The third-order valence-electron chi connectivity index (χ3n) is 4.17. The van der Waals surface area contributed by atoms with E-state index in [0.717, 1.165) is 0 Å². The van der Waals surface area contributed by atoms with Crippen molar-refractivity contribution in [3.63, 3.8) is 0 Å². The predicted molar refractivity (Wildman–Crippen MR) is 96.8 cm³/mol. The van der Waals surface area contributed by atoms with Crippen LogP contribution in [0.2, 0.25) is 5.28 Å². The van der Waals surface area contributed by atoms with Crippen molar-refractivity contribution in [2.45, 2.75) is 44.3 Å². The largest absolute Gasteiger partial charge is 0.508 e. The first-order chi connectivity index (χ1) is 12.8. The Kier molecular flexibility index (Phi) is 5.15. The molecule has 3 N–H and O–H groups in total. The summed E-state index contributed by atoms with van der Waals surface area (Å²) >= 11 is 5.89. The van der Waals surface area contributed by atoms with Gasteiger partial charge in [-0.1, -0.05) is 5.92 Å². The predicted octanol–water partition coefficient (Wildman–Crippen LogP) is 1.88. The molecule has 0 radical (unpaired) electrons. The molecule has 1 aliphatic rings. The minimum atomic E-state index is -1.51. The molecule has 0 amide bonds. The molecule has 3 atom stereocenters. The Morgan fingerprint density at radius 1 is 1.63 bits per heavy atom. The number of nitrogens with zero attached hydrogens (tertiary/aromatic N) is 3. The summed E-state index contributed by atoms with van der Waals surface area (Å²) in [4.78, 5) is 19.7. The van der Waals surface area contributed by atoms with Crippen LogP contribution in [0.3, 0.4) is 0 Å². The number of hydrogen-bond donors (Lipinski definition) is 2. The van der Waals surface area contributed by atoms with Gasteiger partial charge in [-0.2, -0.15) is 4.98 Å². The quantitative estimate of drug-likeness (QED) is 0.458. The van der Waals surface area contributed by atoms with Crippen molar-refractivity contribution in [1.82, 2.24) is 14.5 Å². The van der Waals surface area contributed by atoms with Crippen molar-refractivity contribution in [3.8, 4) is 12.3 Å². The van der Waals surface area contributed by atoms with Crippen LogP contribution in [0.4, 0.5) is 10.6 Å². The Morgan fingerprint density at radius 3 is 3.04 bits per heavy atom. The number of halogens is 1. The summed E-state index contributed by atoms with van der Waals surface area (Å²) in [7, 11) is 0. The second-order valence-electron chi connectivity index (χ2n) is 6.40. The Hall–Kier alpha value is -2.54. The van der Waals surface area contributed by atoms with Crippen molar-refractivity contribution in [3.05, 3.63) is 17.5 Å². The molecule has 3 rings (SSSR count). The number of hydrogen-bond acceptors (Lipinski definition) is 8. The number of fused-ring (bicyclic) bond motifs is 1. The molecule has 0 aliphatic carbocycles. The zero-order chi connectivity index (χ0) is 19.8. The van der Waals surface area contributed by atoms with E-state index in [2.05, 4.69) is 15.9 Å². The smallest absolute Gasteiger partial charge is 0.432 e. The molecule has 0 spiro atoms. The first-order valence-corrected chi connectivity index (χ1v) is 8.60. The molecule has 144 valence electrons. The summed E-state index contributed by atoms with van der Waals surface area (Å²) in [5.41, 5.74) is 4.78. The van der Waals surface area contributed by atoms with Crippen LogP contribution >= 0.6 is 11.6 Å². The number of carbonyl (C=O) groups excluding carboxylic acids is 1. The molecule has 2 aromatic rings. The molecular weight excluding hydrogens is 376 g/mol. The molecule has 1 fully saturated rings. The van der Waals surface area contributed by atoms with Gasteiger partial charge in [0, 0.05) is 12.6 Å². The van der Waals surface area contributed by atoms with E-state index < -0.39 is 24.1 Å². The molecule has 3 heterocycles. The number of nitrogen functional groups attached to an aromatic ring is 1. The van der Waals surface area contributed by atoms with Gasteiger partial charge in [0.1, 0.15) is 30.4 Å². The van der Waals surface area contributed by atoms with Gasteiger partial charge in [-0.25, -0.2) is 9.78 Å². The van der Waals surface area contributed by atoms with Crippen molar-refractivity contribution < 1.29 is 24.1 Å². The zero-order valence-electron chi connectivity index (χ0n) is 14.8. The Bertz CT molecular complexity index is 909. The molecule has 9 nitrogen and oxygen atoms in total. The summed E-state index contributed by atoms with van der Waals surface area (Å²) in [6.07, 6.45) is 4.44. The molecule has 2 aromatic heterocycles. The van der Waals surface area contributed by atoms with Crippen molar-refractivity contribution in [1.29, 1.82) is 0 Å². The molecular formula is C17H19ClN4O5. The molecule has 0 unspecified atom stereocenters. The van der Waals surface area contributed by atoms with Crippen LogP contribution < -0.4 is 5.73 Å². The number of rotatable bonds is 4. The highest BCUT2D eigenvalue weighted by atomic mass is 35.5. The number of nitrogens with two attached hydrogens (primary N) is 1. The summed E-state index contributed by atoms with van der Waals surface area (Å²) in [6.45, 7) is 3.01. The van der Waals surface area contributed by atoms with Gasteiger partial charge in [0.15, 0.2) is 5.60 Å². The number of aliphatic hydroxyl groups is 1. The maximum Gasteiger partial charge on any atom is 0.508 e. The number of carbonyl (C=O) groups is 1. The van der Waals surface area contributed by atoms with E-state index in [1.807, 2.05) is 0 Å². The molecule has 1 aliphatic heterocycles. The minimum absolute atomic E-state index is 0.0125. The maximum atomic E-state index is 11.6. The topological polar surface area (TPSA) is 122 Å². The van der Waals surface area contributed by atoms with E-state index in [1.165, 1.54) is 0 Å². The standard InChI is InChI=1S/C17H19ClN4O5/c1-4-17(8-25-16(24)26-9(2)3)11(23)7-12(27-17)22-6-5-10-13(19)20-15(18)21-14(10)22/h1,5-6,9,11-12,23H,7-8H2,2-3H3,(H2,19,20,21)/t11-,12+,17+/m0/s1. The summed E-state index contributed by atoms with van der Waals surface area (Å²) < 4.78 is 17.5. The fraction of sp³-hybridized carbons (Fsp3) is 0.471. The lowest BCUT2D eigenvalue weighted by molar-refractivity contribution is -0.0995. The Balaban J connectivity index is 1.83. The van der Waals surface area contributed by atoms with Gasteiger partial charge in [0.05, 0.1) is 11.5 Å². The van der Waals surface area contributed by atoms with Gasteiger partial charge < -0.3 is 29.6 Å². The molecule has 0 aromatic carbocycles. The summed E-state index contributed by atoms with van der Waals surface area (Å²) in [6, 6.07) is 1.71. The number of ether oxygens (including phenoxy) is 3. The Morgan fingerprint density at radius 2 is 2.37 bits per heavy atom. The number of aromatic nitrogens is 3. The number of aliphatic hydroxyl groups excluding tert-OH is 1. The van der Waals surface area contributed by atoms with Crippen molar-refractivity contribution in [2.24, 2.45) is 0 Å². The zero-order valence-corrected chi connectivity index (χ0v) is 15.5. The summed E-state index contributed by atoms with van der Waals surface area (Å²) in [5, 5.41) is 11.1. The third kappa shape index (κ3) is 3.64. The monoisotopic (exact) mass is 394 g/mol. The number of anilines is 1. The summed E-state index contributed by atoms with van der Waals surface area (Å²) in [5.74, 6) is 2.62. The van der Waals surface area contributed by atoms with Crippen LogP contribution in [0.25, 0.3) is 11.0 Å². The van der Waals surface area contributed by atoms with Gasteiger partial charge >= 0.3 is 6.16 Å². The van der Waals surface area contributed by atoms with Gasteiger partial charge in [0.25, 0.3) is 0 Å². The van der Waals surface area contributed by atoms with Gasteiger partial charge in [-0.05, 0) is 31.5 Å². The first-order valence-electron chi connectivity index (χ1n) is 8.22. The van der Waals surface area contributed by atoms with E-state index >= 15 is 0 Å². The fourth-order valence-corrected chi connectivity index (χ4v) is 3.05. The van der Waals surface area contributed by atoms with E-state index in [9.17, 15) is 9.90 Å². The normalized spacial score (nSPS) is 24.9. The second-order valence-corrected chi connectivity index (χ2v) is 6.74. The van der Waals surface area contributed by atoms with Crippen molar-refractivity contribution >= 4 is 34.6 Å². The lowest BCUT2D eigenvalue weighted by Crippen LogP contribution is -2.43. The molecule has 10 heteroatoms. The average Bonchev–Trinajstić information content (AvgIpc) is 3.14. The van der Waals surface area contributed by atoms with E-state index in [4.69, 9.17) is 38.0 Å². The van der Waals surface area contributed by atoms with Crippen LogP contribution in [-0.4, -0.2) is 50.2 Å². The van der Waals surface area contributed by atoms with Crippen LogP contribution in [-0.2, 0) is 14.2 Å². The lowest BCUT2D eigenvalue weighted by Gasteiger charge is -2.26. The Labute approximate surface area is 160 Å². The van der Waals surface area contributed by atoms with Crippen molar-refractivity contribution in [2.75, 3.05) is 12.3 Å². The highest BCUT2D eigenvalue weighted by Crippen LogP contribution is 2.39. The van der Waals surface area contributed by atoms with E-state index in [0.29, 0.717) is 11.0 Å². The maximum absolute atomic E-state index is 11.6. The minimum Gasteiger partial charge on any atom is -0.432 e. The average molecular weight is 395 g/mol. The van der Waals surface area contributed by atoms with Gasteiger partial charge in [0.2, 0.25) is 5.28 Å². The molecule has 0 bridgehead atoms. The second kappa shape index (κ2) is 7.23. The highest BCUT2D eigenvalue weighted by Gasteiger charge is 2.49.